The zero-order valence-corrected chi connectivity index (χ0v) is 14.2. The highest BCUT2D eigenvalue weighted by Gasteiger charge is 2.25. The molecule has 0 amide bonds. The zero-order valence-electron chi connectivity index (χ0n) is 14.2. The van der Waals surface area contributed by atoms with Gasteiger partial charge < -0.3 is 5.32 Å². The second-order valence-electron chi connectivity index (χ2n) is 7.55. The lowest BCUT2D eigenvalue weighted by Crippen LogP contribution is -2.23. The summed E-state index contributed by atoms with van der Waals surface area (Å²) in [6.07, 6.45) is 2.40. The lowest BCUT2D eigenvalue weighted by molar-refractivity contribution is 0.465. The van der Waals surface area contributed by atoms with E-state index < -0.39 is 0 Å². The molecule has 0 saturated carbocycles. The first kappa shape index (κ1) is 15.3. The summed E-state index contributed by atoms with van der Waals surface area (Å²) in [5.74, 6) is 0. The summed E-state index contributed by atoms with van der Waals surface area (Å²) >= 11 is 0. The summed E-state index contributed by atoms with van der Waals surface area (Å²) in [6, 6.07) is 18.7. The molecule has 1 aliphatic rings. The van der Waals surface area contributed by atoms with Crippen molar-refractivity contribution >= 4 is 0 Å². The molecule has 0 saturated heterocycles. The second kappa shape index (κ2) is 5.89. The average Bonchev–Trinajstić information content (AvgIpc) is 2.89. The Morgan fingerprint density at radius 3 is 2.45 bits per heavy atom. The lowest BCUT2D eigenvalue weighted by Gasteiger charge is -2.23. The van der Waals surface area contributed by atoms with Crippen LogP contribution in [0.15, 0.2) is 48.5 Å². The van der Waals surface area contributed by atoms with Gasteiger partial charge in [-0.05, 0) is 47.4 Å². The van der Waals surface area contributed by atoms with Crippen molar-refractivity contribution in [2.75, 3.05) is 0 Å². The van der Waals surface area contributed by atoms with E-state index >= 15 is 0 Å². The molecule has 1 aliphatic carbocycles. The van der Waals surface area contributed by atoms with Crippen LogP contribution in [-0.2, 0) is 11.8 Å². The molecule has 2 aromatic rings. The van der Waals surface area contributed by atoms with E-state index in [2.05, 4.69) is 81.5 Å². The Hall–Kier alpha value is -1.60. The highest BCUT2D eigenvalue weighted by atomic mass is 14.9. The van der Waals surface area contributed by atoms with Crippen molar-refractivity contribution in [3.63, 3.8) is 0 Å². The van der Waals surface area contributed by atoms with Gasteiger partial charge in [-0.15, -0.1) is 0 Å². The minimum atomic E-state index is 0.234. The molecule has 0 aliphatic heterocycles. The molecular weight excluding hydrogens is 266 g/mol. The van der Waals surface area contributed by atoms with Crippen LogP contribution >= 0.6 is 0 Å². The molecule has 0 aromatic heterocycles. The molecule has 0 spiro atoms. The Labute approximate surface area is 134 Å². The van der Waals surface area contributed by atoms with Gasteiger partial charge in [-0.3, -0.25) is 0 Å². The lowest BCUT2D eigenvalue weighted by atomic mass is 9.85. The van der Waals surface area contributed by atoms with E-state index in [9.17, 15) is 0 Å². The highest BCUT2D eigenvalue weighted by molar-refractivity contribution is 5.40. The monoisotopic (exact) mass is 293 g/mol. The first-order valence-electron chi connectivity index (χ1n) is 8.39. The molecule has 0 heterocycles. The van der Waals surface area contributed by atoms with Crippen molar-refractivity contribution in [3.8, 4) is 0 Å². The van der Waals surface area contributed by atoms with Crippen molar-refractivity contribution in [2.24, 2.45) is 0 Å². The van der Waals surface area contributed by atoms with Gasteiger partial charge >= 0.3 is 0 Å². The van der Waals surface area contributed by atoms with Crippen LogP contribution in [-0.4, -0.2) is 0 Å². The van der Waals surface area contributed by atoms with Crippen LogP contribution in [0.4, 0.5) is 0 Å². The van der Waals surface area contributed by atoms with Gasteiger partial charge in [0.15, 0.2) is 0 Å². The van der Waals surface area contributed by atoms with E-state index in [4.69, 9.17) is 0 Å². The van der Waals surface area contributed by atoms with Crippen LogP contribution in [0.5, 0.6) is 0 Å². The molecule has 2 unspecified atom stereocenters. The molecule has 1 nitrogen and oxygen atoms in total. The van der Waals surface area contributed by atoms with Crippen molar-refractivity contribution in [2.45, 2.75) is 58.0 Å². The van der Waals surface area contributed by atoms with Gasteiger partial charge in [-0.1, -0.05) is 69.3 Å². The van der Waals surface area contributed by atoms with E-state index in [-0.39, 0.29) is 5.41 Å². The molecule has 2 aromatic carbocycles. The van der Waals surface area contributed by atoms with Gasteiger partial charge in [0.05, 0.1) is 0 Å². The molecule has 0 radical (unpaired) electrons. The summed E-state index contributed by atoms with van der Waals surface area (Å²) in [4.78, 5) is 0. The van der Waals surface area contributed by atoms with Gasteiger partial charge in [0, 0.05) is 12.1 Å². The van der Waals surface area contributed by atoms with Crippen LogP contribution in [0.25, 0.3) is 0 Å². The molecule has 3 rings (SSSR count). The molecule has 1 N–H and O–H groups in total. The summed E-state index contributed by atoms with van der Waals surface area (Å²) in [5.41, 5.74) is 6.07. The first-order chi connectivity index (χ1) is 10.4. The number of hydrogen-bond donors (Lipinski definition) is 1. The smallest absolute Gasteiger partial charge is 0.0331 e. The Morgan fingerprint density at radius 1 is 1.05 bits per heavy atom. The molecular formula is C21H27N. The van der Waals surface area contributed by atoms with Gasteiger partial charge in [0.25, 0.3) is 0 Å². The maximum Gasteiger partial charge on any atom is 0.0331 e. The summed E-state index contributed by atoms with van der Waals surface area (Å²) in [7, 11) is 0. The minimum Gasteiger partial charge on any atom is -0.303 e. The molecule has 0 bridgehead atoms. The van der Waals surface area contributed by atoms with Crippen molar-refractivity contribution < 1.29 is 0 Å². The van der Waals surface area contributed by atoms with E-state index in [1.165, 1.54) is 35.1 Å². The molecule has 1 heteroatoms. The topological polar surface area (TPSA) is 12.0 Å². The summed E-state index contributed by atoms with van der Waals surface area (Å²) in [6.45, 7) is 9.13. The second-order valence-corrected chi connectivity index (χ2v) is 7.55. The van der Waals surface area contributed by atoms with Gasteiger partial charge in [0.2, 0.25) is 0 Å². The first-order valence-corrected chi connectivity index (χ1v) is 8.39. The number of rotatable bonds is 3. The van der Waals surface area contributed by atoms with Crippen LogP contribution in [0.2, 0.25) is 0 Å². The van der Waals surface area contributed by atoms with Crippen molar-refractivity contribution in [1.82, 2.24) is 5.32 Å². The fraction of sp³-hybridized carbons (Fsp3) is 0.429. The molecule has 2 atom stereocenters. The van der Waals surface area contributed by atoms with Crippen molar-refractivity contribution in [3.05, 3.63) is 70.8 Å². The average molecular weight is 293 g/mol. The predicted octanol–water partition coefficient (Wildman–Crippen LogP) is 5.32. The summed E-state index contributed by atoms with van der Waals surface area (Å²) < 4.78 is 0. The quantitative estimate of drug-likeness (QED) is 0.807. The molecule has 0 fully saturated rings. The van der Waals surface area contributed by atoms with Crippen LogP contribution in [0, 0.1) is 0 Å². The Bertz CT molecular complexity index is 637. The number of nitrogens with one attached hydrogen (secondary N) is 1. The minimum absolute atomic E-state index is 0.234. The maximum atomic E-state index is 3.81. The van der Waals surface area contributed by atoms with Gasteiger partial charge in [0.1, 0.15) is 0 Å². The number of aryl methyl sites for hydroxylation is 1. The number of fused-ring (bicyclic) bond motifs is 1. The highest BCUT2D eigenvalue weighted by Crippen LogP contribution is 2.35. The fourth-order valence-corrected chi connectivity index (χ4v) is 3.40. The van der Waals surface area contributed by atoms with E-state index in [0.29, 0.717) is 12.1 Å². The van der Waals surface area contributed by atoms with Crippen LogP contribution in [0.3, 0.4) is 0 Å². The largest absolute Gasteiger partial charge is 0.303 e. The zero-order chi connectivity index (χ0) is 15.7. The third kappa shape index (κ3) is 3.10. The third-order valence-electron chi connectivity index (χ3n) is 4.84. The van der Waals surface area contributed by atoms with Crippen molar-refractivity contribution in [1.29, 1.82) is 0 Å². The Morgan fingerprint density at radius 2 is 1.77 bits per heavy atom. The number of hydrogen-bond acceptors (Lipinski definition) is 1. The fourth-order valence-electron chi connectivity index (χ4n) is 3.40. The molecule has 116 valence electrons. The van der Waals surface area contributed by atoms with Crippen LogP contribution in [0.1, 0.15) is 68.5 Å². The SMILES string of the molecule is CC(NC1CCc2cc(C(C)(C)C)ccc21)c1ccccc1. The Kier molecular flexibility index (Phi) is 4.10. The van der Waals surface area contributed by atoms with Gasteiger partial charge in [-0.25, -0.2) is 0 Å². The summed E-state index contributed by atoms with van der Waals surface area (Å²) in [5, 5.41) is 3.81. The van der Waals surface area contributed by atoms with E-state index in [0.717, 1.165) is 0 Å². The Balaban J connectivity index is 1.77. The number of benzene rings is 2. The van der Waals surface area contributed by atoms with E-state index in [1.807, 2.05) is 0 Å². The molecule has 22 heavy (non-hydrogen) atoms. The van der Waals surface area contributed by atoms with E-state index in [1.54, 1.807) is 0 Å². The third-order valence-corrected chi connectivity index (χ3v) is 4.84. The van der Waals surface area contributed by atoms with Gasteiger partial charge in [-0.2, -0.15) is 0 Å². The normalized spacial score (nSPS) is 19.0. The van der Waals surface area contributed by atoms with Crippen LogP contribution < -0.4 is 5.32 Å². The maximum absolute atomic E-state index is 3.81. The predicted molar refractivity (Wildman–Crippen MR) is 94.2 cm³/mol. The standard InChI is InChI=1S/C21H27N/c1-15(16-8-6-5-7-9-16)22-20-13-10-17-14-18(21(2,3)4)11-12-19(17)20/h5-9,11-12,14-15,20,22H,10,13H2,1-4H3.